The normalized spacial score (nSPS) is 20.2. The van der Waals surface area contributed by atoms with E-state index in [1.807, 2.05) is 18.3 Å². The van der Waals surface area contributed by atoms with Crippen LogP contribution in [0.5, 0.6) is 0 Å². The van der Waals surface area contributed by atoms with E-state index in [0.717, 1.165) is 40.0 Å². The first-order valence-electron chi connectivity index (χ1n) is 12.2. The molecular formula is C26H25BrClFN6O3. The number of piperidine rings is 1. The van der Waals surface area contributed by atoms with Gasteiger partial charge >= 0.3 is 6.03 Å². The fraction of sp³-hybridized carbons (Fsp3) is 0.346. The largest absolute Gasteiger partial charge is 0.341 e. The molecule has 0 saturated carbocycles. The Kier molecular flexibility index (Phi) is 7.23. The molecule has 5 rings (SSSR count). The van der Waals surface area contributed by atoms with Crippen LogP contribution in [0.25, 0.3) is 5.69 Å². The molecule has 2 fully saturated rings. The molecule has 0 radical (unpaired) electrons. The van der Waals surface area contributed by atoms with Gasteiger partial charge in [-0.15, -0.1) is 5.10 Å². The van der Waals surface area contributed by atoms with Gasteiger partial charge in [-0.25, -0.2) is 13.9 Å². The fourth-order valence-corrected chi connectivity index (χ4v) is 5.37. The van der Waals surface area contributed by atoms with Crippen molar-refractivity contribution in [2.24, 2.45) is 5.92 Å². The van der Waals surface area contributed by atoms with Crippen molar-refractivity contribution in [2.75, 3.05) is 19.6 Å². The average Bonchev–Trinajstić information content (AvgIpc) is 3.45. The number of urea groups is 1. The molecule has 2 aliphatic rings. The number of aromatic nitrogens is 3. The number of imide groups is 1. The molecule has 2 aromatic carbocycles. The molecule has 38 heavy (non-hydrogen) atoms. The lowest BCUT2D eigenvalue weighted by atomic mass is 9.92. The Morgan fingerprint density at radius 3 is 2.58 bits per heavy atom. The lowest BCUT2D eigenvalue weighted by Gasteiger charge is -2.32. The zero-order valence-corrected chi connectivity index (χ0v) is 22.9. The Labute approximate surface area is 232 Å². The molecule has 1 atom stereocenters. The molecule has 1 unspecified atom stereocenters. The van der Waals surface area contributed by atoms with E-state index in [1.54, 1.807) is 22.6 Å². The number of carbonyl (C=O) groups is 3. The number of amides is 4. The lowest BCUT2D eigenvalue weighted by Crippen LogP contribution is -2.46. The zero-order valence-electron chi connectivity index (χ0n) is 20.5. The van der Waals surface area contributed by atoms with Crippen LogP contribution in [0.4, 0.5) is 9.18 Å². The molecule has 12 heteroatoms. The average molecular weight is 604 g/mol. The number of hydrogen-bond donors (Lipinski definition) is 1. The van der Waals surface area contributed by atoms with Crippen molar-refractivity contribution in [1.82, 2.24) is 30.1 Å². The maximum atomic E-state index is 13.3. The standard InChI is InChI=1S/C26H25BrClFN6O3/c1-26(17-2-4-18(29)5-3-17)24(37)34(25(38)30-26)15-23(36)33-10-8-16(9-11-33)12-19-14-35(32-31-19)20-6-7-22(28)21(27)13-20/h2-7,13-14,16H,8-12,15H2,1H3,(H,30,38). The van der Waals surface area contributed by atoms with Crippen LogP contribution in [0.1, 0.15) is 31.0 Å². The van der Waals surface area contributed by atoms with Crippen LogP contribution in [-0.2, 0) is 21.5 Å². The molecule has 0 aliphatic carbocycles. The van der Waals surface area contributed by atoms with Crippen molar-refractivity contribution < 1.29 is 18.8 Å². The molecule has 2 aliphatic heterocycles. The number of carbonyl (C=O) groups excluding carboxylic acids is 3. The summed E-state index contributed by atoms with van der Waals surface area (Å²) in [6, 6.07) is 10.3. The number of benzene rings is 2. The third-order valence-corrected chi connectivity index (χ3v) is 8.38. The number of halogens is 3. The molecule has 3 heterocycles. The van der Waals surface area contributed by atoms with Gasteiger partial charge < -0.3 is 10.2 Å². The molecule has 198 valence electrons. The maximum absolute atomic E-state index is 13.3. The van der Waals surface area contributed by atoms with Crippen LogP contribution in [0.15, 0.2) is 53.1 Å². The Balaban J connectivity index is 1.15. The Bertz CT molecular complexity index is 1390. The quantitative estimate of drug-likeness (QED) is 0.428. The minimum Gasteiger partial charge on any atom is -0.341 e. The van der Waals surface area contributed by atoms with E-state index >= 15 is 0 Å². The summed E-state index contributed by atoms with van der Waals surface area (Å²) >= 11 is 9.49. The van der Waals surface area contributed by atoms with Crippen molar-refractivity contribution in [1.29, 1.82) is 0 Å². The predicted octanol–water partition coefficient (Wildman–Crippen LogP) is 4.07. The summed E-state index contributed by atoms with van der Waals surface area (Å²) in [5.74, 6) is -0.925. The van der Waals surface area contributed by atoms with E-state index < -0.39 is 23.3 Å². The summed E-state index contributed by atoms with van der Waals surface area (Å²) in [6.45, 7) is 2.27. The smallest absolute Gasteiger partial charge is 0.325 e. The minimum absolute atomic E-state index is 0.283. The van der Waals surface area contributed by atoms with Crippen molar-refractivity contribution in [2.45, 2.75) is 31.7 Å². The number of nitrogens with one attached hydrogen (secondary N) is 1. The van der Waals surface area contributed by atoms with E-state index in [4.69, 9.17) is 11.6 Å². The lowest BCUT2D eigenvalue weighted by molar-refractivity contribution is -0.139. The highest BCUT2D eigenvalue weighted by atomic mass is 79.9. The number of nitrogens with zero attached hydrogens (tertiary/aromatic N) is 5. The van der Waals surface area contributed by atoms with E-state index in [0.29, 0.717) is 29.6 Å². The summed E-state index contributed by atoms with van der Waals surface area (Å²) < 4.78 is 15.8. The Morgan fingerprint density at radius 2 is 1.89 bits per heavy atom. The SMILES string of the molecule is CC1(c2ccc(F)cc2)NC(=O)N(CC(=O)N2CCC(Cc3cn(-c4ccc(Cl)c(Br)c4)nn3)CC2)C1=O. The predicted molar refractivity (Wildman–Crippen MR) is 141 cm³/mol. The van der Waals surface area contributed by atoms with Crippen molar-refractivity contribution in [3.05, 3.63) is 75.2 Å². The fourth-order valence-electron chi connectivity index (χ4n) is 4.88. The number of likely N-dealkylation sites (tertiary alicyclic amines) is 1. The summed E-state index contributed by atoms with van der Waals surface area (Å²) in [5, 5.41) is 11.8. The Hall–Kier alpha value is -3.31. The monoisotopic (exact) mass is 602 g/mol. The second-order valence-corrected chi connectivity index (χ2v) is 11.0. The van der Waals surface area contributed by atoms with Gasteiger partial charge in [0, 0.05) is 17.6 Å². The highest BCUT2D eigenvalue weighted by molar-refractivity contribution is 9.10. The summed E-state index contributed by atoms with van der Waals surface area (Å²) in [7, 11) is 0. The number of rotatable bonds is 6. The van der Waals surface area contributed by atoms with Gasteiger partial charge in [0.15, 0.2) is 0 Å². The topological polar surface area (TPSA) is 100 Å². The zero-order chi connectivity index (χ0) is 27.0. The van der Waals surface area contributed by atoms with Crippen LogP contribution >= 0.6 is 27.5 Å². The summed E-state index contributed by atoms with van der Waals surface area (Å²) in [5.41, 5.74) is 0.808. The van der Waals surface area contributed by atoms with Gasteiger partial charge in [-0.1, -0.05) is 28.9 Å². The van der Waals surface area contributed by atoms with Crippen LogP contribution < -0.4 is 5.32 Å². The van der Waals surface area contributed by atoms with Gasteiger partial charge in [-0.2, -0.15) is 0 Å². The molecular weight excluding hydrogens is 579 g/mol. The molecule has 4 amide bonds. The van der Waals surface area contributed by atoms with Gasteiger partial charge in [0.1, 0.15) is 17.9 Å². The third kappa shape index (κ3) is 5.17. The van der Waals surface area contributed by atoms with Crippen LogP contribution in [0.2, 0.25) is 5.02 Å². The van der Waals surface area contributed by atoms with Crippen molar-refractivity contribution in [3.63, 3.8) is 0 Å². The van der Waals surface area contributed by atoms with Gasteiger partial charge in [0.05, 0.1) is 22.6 Å². The second kappa shape index (κ2) is 10.5. The molecule has 3 aromatic rings. The molecule has 9 nitrogen and oxygen atoms in total. The number of hydrogen-bond acceptors (Lipinski definition) is 5. The molecule has 1 N–H and O–H groups in total. The highest BCUT2D eigenvalue weighted by Gasteiger charge is 2.49. The van der Waals surface area contributed by atoms with Gasteiger partial charge in [0.2, 0.25) is 5.91 Å². The van der Waals surface area contributed by atoms with E-state index in [2.05, 4.69) is 31.6 Å². The first-order chi connectivity index (χ1) is 18.1. The first-order valence-corrected chi connectivity index (χ1v) is 13.4. The van der Waals surface area contributed by atoms with Crippen LogP contribution in [0.3, 0.4) is 0 Å². The molecule has 0 spiro atoms. The highest BCUT2D eigenvalue weighted by Crippen LogP contribution is 2.30. The Morgan fingerprint density at radius 1 is 1.18 bits per heavy atom. The minimum atomic E-state index is -1.35. The van der Waals surface area contributed by atoms with E-state index in [9.17, 15) is 18.8 Å². The second-order valence-electron chi connectivity index (χ2n) is 9.73. The van der Waals surface area contributed by atoms with Crippen molar-refractivity contribution >= 4 is 45.4 Å². The molecule has 0 bridgehead atoms. The molecule has 1 aromatic heterocycles. The van der Waals surface area contributed by atoms with Gasteiger partial charge in [-0.3, -0.25) is 14.5 Å². The van der Waals surface area contributed by atoms with Crippen LogP contribution in [0, 0.1) is 11.7 Å². The third-order valence-electron chi connectivity index (χ3n) is 7.16. The van der Waals surface area contributed by atoms with Crippen molar-refractivity contribution in [3.8, 4) is 5.69 Å². The van der Waals surface area contributed by atoms with Gasteiger partial charge in [0.25, 0.3) is 5.91 Å². The first kappa shape index (κ1) is 26.3. The molecule has 2 saturated heterocycles. The van der Waals surface area contributed by atoms with Crippen LogP contribution in [-0.4, -0.2) is 62.3 Å². The van der Waals surface area contributed by atoms with Gasteiger partial charge in [-0.05, 0) is 83.9 Å². The summed E-state index contributed by atoms with van der Waals surface area (Å²) in [6.07, 6.45) is 4.18. The maximum Gasteiger partial charge on any atom is 0.325 e. The summed E-state index contributed by atoms with van der Waals surface area (Å²) in [4.78, 5) is 41.3. The van der Waals surface area contributed by atoms with E-state index in [1.165, 1.54) is 24.3 Å². The van der Waals surface area contributed by atoms with E-state index in [-0.39, 0.29) is 12.5 Å².